The number of fused-ring (bicyclic) bond motifs is 1. The number of ether oxygens (including phenoxy) is 1. The number of hydrogen-bond donors (Lipinski definition) is 1. The Morgan fingerprint density at radius 3 is 2.35 bits per heavy atom. The molecule has 0 saturated heterocycles. The minimum Gasteiger partial charge on any atom is -0.479 e. The molecule has 7 heteroatoms. The van der Waals surface area contributed by atoms with Crippen LogP contribution in [0.15, 0.2) is 81.7 Å². The third-order valence-corrected chi connectivity index (χ3v) is 7.97. The van der Waals surface area contributed by atoms with Crippen LogP contribution in [0.4, 0.5) is 0 Å². The molecule has 0 aliphatic heterocycles. The summed E-state index contributed by atoms with van der Waals surface area (Å²) < 4.78 is 17.7. The fourth-order valence-electron chi connectivity index (χ4n) is 5.66. The van der Waals surface area contributed by atoms with E-state index in [1.807, 2.05) is 42.5 Å². The zero-order valence-corrected chi connectivity index (χ0v) is 25.4. The van der Waals surface area contributed by atoms with Crippen molar-refractivity contribution in [3.05, 3.63) is 123 Å². The Labute approximate surface area is 251 Å². The maximum absolute atomic E-state index is 13.5. The second kappa shape index (κ2) is 12.0. The van der Waals surface area contributed by atoms with E-state index in [9.17, 15) is 14.7 Å². The molecule has 2 aromatic heterocycles. The lowest BCUT2D eigenvalue weighted by molar-refractivity contribution is -0.166. The number of furan rings is 1. The molecule has 0 radical (unpaired) electrons. The Hall–Kier alpha value is -4.49. The number of aryl methyl sites for hydroxylation is 4. The number of ketones is 1. The normalized spacial score (nSPS) is 13.3. The van der Waals surface area contributed by atoms with Crippen LogP contribution in [0.3, 0.4) is 0 Å². The van der Waals surface area contributed by atoms with Gasteiger partial charge in [0.15, 0.2) is 5.60 Å². The van der Waals surface area contributed by atoms with Crippen molar-refractivity contribution in [2.45, 2.75) is 72.0 Å². The number of aliphatic carboxylic acids is 1. The summed E-state index contributed by atoms with van der Waals surface area (Å²) in [6, 6.07) is 24.1. The SMILES string of the molecule is Cc1ccc([C@@H](CC(=O)Cc2ccc3oc([C@H](OC(C)(C)C(=O)O)c4c(C)noc4C)cc3c2)c2ccccc2)c(C)c1. The molecule has 222 valence electrons. The van der Waals surface area contributed by atoms with Crippen molar-refractivity contribution in [3.8, 4) is 0 Å². The van der Waals surface area contributed by atoms with Gasteiger partial charge >= 0.3 is 5.97 Å². The summed E-state index contributed by atoms with van der Waals surface area (Å²) in [5, 5.41) is 14.6. The molecule has 0 aliphatic rings. The highest BCUT2D eigenvalue weighted by Crippen LogP contribution is 2.38. The molecule has 0 fully saturated rings. The largest absolute Gasteiger partial charge is 0.479 e. The minimum absolute atomic E-state index is 0.0379. The van der Waals surface area contributed by atoms with Crippen molar-refractivity contribution in [2.24, 2.45) is 0 Å². The number of nitrogens with zero attached hydrogens (tertiary/aromatic N) is 1. The Morgan fingerprint density at radius 1 is 0.953 bits per heavy atom. The van der Waals surface area contributed by atoms with Crippen LogP contribution >= 0.6 is 0 Å². The van der Waals surface area contributed by atoms with E-state index in [2.05, 4.69) is 49.3 Å². The quantitative estimate of drug-likeness (QED) is 0.169. The first kappa shape index (κ1) is 30.0. The maximum Gasteiger partial charge on any atom is 0.335 e. The topological polar surface area (TPSA) is 103 Å². The highest BCUT2D eigenvalue weighted by molar-refractivity contribution is 5.85. The summed E-state index contributed by atoms with van der Waals surface area (Å²) in [5.74, 6) is -0.0506. The number of carbonyl (C=O) groups excluding carboxylic acids is 1. The predicted molar refractivity (Wildman–Crippen MR) is 164 cm³/mol. The molecule has 7 nitrogen and oxygen atoms in total. The fourth-order valence-corrected chi connectivity index (χ4v) is 5.66. The van der Waals surface area contributed by atoms with Gasteiger partial charge in [-0.25, -0.2) is 4.79 Å². The second-order valence-corrected chi connectivity index (χ2v) is 11.8. The van der Waals surface area contributed by atoms with Crippen molar-refractivity contribution >= 4 is 22.7 Å². The monoisotopic (exact) mass is 579 g/mol. The molecule has 43 heavy (non-hydrogen) atoms. The van der Waals surface area contributed by atoms with Crippen LogP contribution in [-0.4, -0.2) is 27.6 Å². The van der Waals surface area contributed by atoms with Crippen molar-refractivity contribution in [1.82, 2.24) is 5.16 Å². The number of benzene rings is 3. The smallest absolute Gasteiger partial charge is 0.335 e. The molecular formula is C36H37NO6. The first-order chi connectivity index (χ1) is 20.4. The summed E-state index contributed by atoms with van der Waals surface area (Å²) >= 11 is 0. The lowest BCUT2D eigenvalue weighted by atomic mass is 9.83. The summed E-state index contributed by atoms with van der Waals surface area (Å²) in [7, 11) is 0. The van der Waals surface area contributed by atoms with Gasteiger partial charge in [0.25, 0.3) is 0 Å². The van der Waals surface area contributed by atoms with Crippen LogP contribution in [0.2, 0.25) is 0 Å². The number of carbonyl (C=O) groups is 2. The van der Waals surface area contributed by atoms with E-state index in [0.29, 0.717) is 34.8 Å². The van der Waals surface area contributed by atoms with Crippen molar-refractivity contribution in [3.63, 3.8) is 0 Å². The summed E-state index contributed by atoms with van der Waals surface area (Å²) in [4.78, 5) is 25.4. The molecule has 0 bridgehead atoms. The molecule has 5 aromatic rings. The van der Waals surface area contributed by atoms with Gasteiger partial charge in [0.05, 0.1) is 11.3 Å². The van der Waals surface area contributed by atoms with Gasteiger partial charge in [-0.05, 0) is 82.0 Å². The van der Waals surface area contributed by atoms with Crippen molar-refractivity contribution < 1.29 is 28.4 Å². The van der Waals surface area contributed by atoms with Gasteiger partial charge in [-0.15, -0.1) is 0 Å². The average Bonchev–Trinajstić information content (AvgIpc) is 3.53. The first-order valence-electron chi connectivity index (χ1n) is 14.4. The number of carboxylic acid groups (broad SMARTS) is 1. The van der Waals surface area contributed by atoms with E-state index >= 15 is 0 Å². The van der Waals surface area contributed by atoms with E-state index in [4.69, 9.17) is 13.7 Å². The summed E-state index contributed by atoms with van der Waals surface area (Å²) in [5.41, 5.74) is 5.85. The van der Waals surface area contributed by atoms with Crippen LogP contribution in [0.1, 0.15) is 82.9 Å². The Bertz CT molecular complexity index is 1760. The minimum atomic E-state index is -1.50. The Kier molecular flexibility index (Phi) is 8.38. The van der Waals surface area contributed by atoms with Gasteiger partial charge in [0.1, 0.15) is 29.0 Å². The highest BCUT2D eigenvalue weighted by Gasteiger charge is 2.37. The van der Waals surface area contributed by atoms with Gasteiger partial charge in [0.2, 0.25) is 0 Å². The van der Waals surface area contributed by atoms with Crippen LogP contribution in [-0.2, 0) is 20.7 Å². The molecule has 2 atom stereocenters. The number of Topliss-reactive ketones (excluding diaryl/α,β-unsaturated/α-hetero) is 1. The molecule has 0 amide bonds. The molecule has 1 N–H and O–H groups in total. The molecule has 0 spiro atoms. The van der Waals surface area contributed by atoms with E-state index in [-0.39, 0.29) is 18.1 Å². The molecule has 3 aromatic carbocycles. The van der Waals surface area contributed by atoms with E-state index in [0.717, 1.165) is 22.1 Å². The van der Waals surface area contributed by atoms with Gasteiger partial charge < -0.3 is 18.8 Å². The Balaban J connectivity index is 1.42. The highest BCUT2D eigenvalue weighted by atomic mass is 16.5. The molecule has 2 heterocycles. The van der Waals surface area contributed by atoms with Crippen molar-refractivity contribution in [2.75, 3.05) is 0 Å². The summed E-state index contributed by atoms with van der Waals surface area (Å²) in [6.45, 7) is 10.7. The molecule has 0 saturated carbocycles. The lowest BCUT2D eigenvalue weighted by Crippen LogP contribution is -2.36. The third-order valence-electron chi connectivity index (χ3n) is 7.97. The Morgan fingerprint density at radius 2 is 1.70 bits per heavy atom. The zero-order chi connectivity index (χ0) is 30.9. The maximum atomic E-state index is 13.5. The van der Waals surface area contributed by atoms with Gasteiger partial charge in [-0.3, -0.25) is 4.79 Å². The lowest BCUT2D eigenvalue weighted by Gasteiger charge is -2.26. The zero-order valence-electron chi connectivity index (χ0n) is 25.4. The van der Waals surface area contributed by atoms with E-state index in [1.54, 1.807) is 13.8 Å². The molecular weight excluding hydrogens is 542 g/mol. The van der Waals surface area contributed by atoms with Crippen molar-refractivity contribution in [1.29, 1.82) is 0 Å². The number of aromatic nitrogens is 1. The molecule has 0 aliphatic carbocycles. The number of hydrogen-bond acceptors (Lipinski definition) is 6. The molecule has 0 unspecified atom stereocenters. The van der Waals surface area contributed by atoms with E-state index in [1.165, 1.54) is 25.0 Å². The predicted octanol–water partition coefficient (Wildman–Crippen LogP) is 7.96. The van der Waals surface area contributed by atoms with Crippen LogP contribution in [0, 0.1) is 27.7 Å². The third kappa shape index (κ3) is 6.47. The number of carboxylic acids is 1. The summed E-state index contributed by atoms with van der Waals surface area (Å²) in [6.07, 6.45) is -0.186. The van der Waals surface area contributed by atoms with Crippen LogP contribution in [0.5, 0.6) is 0 Å². The standard InChI is InChI=1S/C36H37NO6/c1-21-12-14-29(22(2)16-21)30(26-10-8-7-9-11-26)20-28(38)18-25-13-15-31-27(17-25)19-32(41-31)34(42-36(5,6)35(39)40)33-23(3)37-43-24(33)4/h7-17,19,30,34H,18,20H2,1-6H3,(H,39,40)/t30-,34-/m0/s1. The number of rotatable bonds is 11. The van der Waals surface area contributed by atoms with Gasteiger partial charge in [-0.1, -0.05) is 65.3 Å². The molecule has 5 rings (SSSR count). The first-order valence-corrected chi connectivity index (χ1v) is 14.4. The van der Waals surface area contributed by atoms with Crippen LogP contribution in [0.25, 0.3) is 11.0 Å². The van der Waals surface area contributed by atoms with E-state index < -0.39 is 17.7 Å². The van der Waals surface area contributed by atoms with Crippen LogP contribution < -0.4 is 0 Å². The second-order valence-electron chi connectivity index (χ2n) is 11.8. The van der Waals surface area contributed by atoms with Gasteiger partial charge in [0, 0.05) is 24.1 Å². The average molecular weight is 580 g/mol. The van der Waals surface area contributed by atoms with Gasteiger partial charge in [-0.2, -0.15) is 0 Å². The fraction of sp³-hybridized carbons (Fsp3) is 0.306.